The molecule has 4 aliphatic rings. The Bertz CT molecular complexity index is 1480. The highest BCUT2D eigenvalue weighted by Gasteiger charge is 2.71. The van der Waals surface area contributed by atoms with Crippen LogP contribution in [0.15, 0.2) is 35.1 Å². The third-order valence-corrected chi connectivity index (χ3v) is 8.95. The van der Waals surface area contributed by atoms with Crippen molar-refractivity contribution in [1.82, 2.24) is 9.47 Å². The zero-order valence-electron chi connectivity index (χ0n) is 21.7. The molecular weight excluding hydrogens is 498 g/mol. The fraction of sp³-hybridized carbons (Fsp3) is 0.483. The first kappa shape index (κ1) is 25.4. The number of aryl methyl sites for hydroxylation is 1. The van der Waals surface area contributed by atoms with Crippen LogP contribution >= 0.6 is 0 Å². The highest BCUT2D eigenvalue weighted by molar-refractivity contribution is 5.87. The van der Waals surface area contributed by atoms with Gasteiger partial charge in [-0.05, 0) is 73.9 Å². The van der Waals surface area contributed by atoms with Crippen LogP contribution in [0.3, 0.4) is 0 Å². The van der Waals surface area contributed by atoms with Gasteiger partial charge in [0, 0.05) is 53.9 Å². The zero-order valence-corrected chi connectivity index (χ0v) is 21.7. The molecule has 3 aromatic rings. The second kappa shape index (κ2) is 8.81. The summed E-state index contributed by atoms with van der Waals surface area (Å²) in [5.74, 6) is -2.87. The number of anilines is 1. The summed E-state index contributed by atoms with van der Waals surface area (Å²) in [7, 11) is 1.82. The summed E-state index contributed by atoms with van der Waals surface area (Å²) in [6.45, 7) is 7.02. The molecule has 0 unspecified atom stereocenters. The van der Waals surface area contributed by atoms with E-state index in [0.717, 1.165) is 79.9 Å². The number of morpholine rings is 1. The molecule has 4 fully saturated rings. The van der Waals surface area contributed by atoms with E-state index in [1.54, 1.807) is 11.5 Å². The van der Waals surface area contributed by atoms with Crippen molar-refractivity contribution in [2.45, 2.75) is 56.5 Å². The minimum atomic E-state index is -3.18. The lowest BCUT2D eigenvalue weighted by Crippen LogP contribution is -2.78. The van der Waals surface area contributed by atoms with Crippen molar-refractivity contribution >= 4 is 16.5 Å². The van der Waals surface area contributed by atoms with Gasteiger partial charge in [-0.15, -0.1) is 0 Å². The number of aromatic nitrogens is 1. The molecule has 1 saturated heterocycles. The second-order valence-corrected chi connectivity index (χ2v) is 11.3. The molecule has 3 aliphatic carbocycles. The van der Waals surface area contributed by atoms with E-state index in [-0.39, 0.29) is 22.2 Å². The third kappa shape index (κ3) is 3.69. The second-order valence-electron chi connectivity index (χ2n) is 11.3. The van der Waals surface area contributed by atoms with Gasteiger partial charge >= 0.3 is 0 Å². The van der Waals surface area contributed by atoms with Crippen LogP contribution in [-0.2, 0) is 17.2 Å². The summed E-state index contributed by atoms with van der Waals surface area (Å²) >= 11 is 0. The Morgan fingerprint density at radius 1 is 1.03 bits per heavy atom. The minimum absolute atomic E-state index is 0.0534. The standard InChI is InChI=1S/C29H31F4N3O2/c1-16-10-18(17(2)34-22-5-4-21(30)25(31)24(22)26(32)33)19-12-23(35(3)27(37)20(19)11-16)28-13-29(14-28,15-28)36-6-8-38-9-7-36/h4-5,10-12,17,26,34H,6-9,13-15H2,1-3H3/t17-,28?,29?/m1/s1. The summed E-state index contributed by atoms with van der Waals surface area (Å²) in [6.07, 6.45) is -0.183. The molecule has 202 valence electrons. The Balaban J connectivity index is 1.38. The Kier molecular flexibility index (Phi) is 5.88. The molecule has 9 heteroatoms. The molecular formula is C29H31F4N3O2. The van der Waals surface area contributed by atoms with Crippen molar-refractivity contribution in [2.75, 3.05) is 31.6 Å². The average Bonchev–Trinajstić information content (AvgIpc) is 2.83. The van der Waals surface area contributed by atoms with Crippen molar-refractivity contribution in [3.63, 3.8) is 0 Å². The number of alkyl halides is 2. The van der Waals surface area contributed by atoms with Gasteiger partial charge < -0.3 is 14.6 Å². The van der Waals surface area contributed by atoms with Gasteiger partial charge in [0.1, 0.15) is 0 Å². The Hall–Kier alpha value is -2.91. The van der Waals surface area contributed by atoms with E-state index in [0.29, 0.717) is 5.39 Å². The summed E-state index contributed by atoms with van der Waals surface area (Å²) < 4.78 is 62.5. The fourth-order valence-corrected chi connectivity index (χ4v) is 7.15. The normalized spacial score (nSPS) is 25.8. The smallest absolute Gasteiger partial charge is 0.268 e. The van der Waals surface area contributed by atoms with Crippen molar-refractivity contribution in [3.8, 4) is 0 Å². The molecule has 2 heterocycles. The van der Waals surface area contributed by atoms with Gasteiger partial charge in [0.25, 0.3) is 12.0 Å². The summed E-state index contributed by atoms with van der Waals surface area (Å²) in [6, 6.07) is 7.26. The molecule has 2 aromatic carbocycles. The van der Waals surface area contributed by atoms with Gasteiger partial charge in [-0.25, -0.2) is 17.6 Å². The van der Waals surface area contributed by atoms with Gasteiger partial charge in [-0.2, -0.15) is 0 Å². The predicted octanol–water partition coefficient (Wildman–Crippen LogP) is 5.74. The molecule has 1 aromatic heterocycles. The van der Waals surface area contributed by atoms with Crippen molar-refractivity contribution in [2.24, 2.45) is 7.05 Å². The monoisotopic (exact) mass is 529 g/mol. The first-order valence-corrected chi connectivity index (χ1v) is 13.1. The molecule has 1 N–H and O–H groups in total. The van der Waals surface area contributed by atoms with Gasteiger partial charge in [0.15, 0.2) is 11.6 Å². The maximum absolute atomic E-state index is 14.2. The van der Waals surface area contributed by atoms with Crippen LogP contribution in [0.5, 0.6) is 0 Å². The Labute approximate surface area is 218 Å². The van der Waals surface area contributed by atoms with Crippen LogP contribution in [0.1, 0.15) is 61.0 Å². The van der Waals surface area contributed by atoms with E-state index in [9.17, 15) is 22.4 Å². The maximum atomic E-state index is 14.2. The molecule has 2 bridgehead atoms. The fourth-order valence-electron chi connectivity index (χ4n) is 7.15. The number of pyridine rings is 1. The lowest BCUT2D eigenvalue weighted by Gasteiger charge is -2.74. The largest absolute Gasteiger partial charge is 0.379 e. The Morgan fingerprint density at radius 2 is 1.71 bits per heavy atom. The van der Waals surface area contributed by atoms with Crippen LogP contribution in [0.4, 0.5) is 23.2 Å². The zero-order chi connectivity index (χ0) is 27.0. The quantitative estimate of drug-likeness (QED) is 0.414. The van der Waals surface area contributed by atoms with Crippen molar-refractivity contribution in [3.05, 3.63) is 74.7 Å². The molecule has 1 atom stereocenters. The number of ether oxygens (including phenoxy) is 1. The number of rotatable bonds is 6. The number of hydrogen-bond donors (Lipinski definition) is 1. The molecule has 3 saturated carbocycles. The van der Waals surface area contributed by atoms with Crippen LogP contribution in [0, 0.1) is 18.6 Å². The minimum Gasteiger partial charge on any atom is -0.379 e. The van der Waals surface area contributed by atoms with E-state index in [2.05, 4.69) is 16.3 Å². The summed E-state index contributed by atoms with van der Waals surface area (Å²) in [4.78, 5) is 16.1. The SMILES string of the molecule is Cc1cc([C@@H](C)Nc2ccc(F)c(F)c2C(F)F)c2cc(C34CC(N5CCOCC5)(C3)C4)n(C)c(=O)c2c1. The summed E-state index contributed by atoms with van der Waals surface area (Å²) in [5, 5.41) is 4.26. The molecule has 0 spiro atoms. The maximum Gasteiger partial charge on any atom is 0.268 e. The van der Waals surface area contributed by atoms with Gasteiger partial charge in [-0.3, -0.25) is 9.69 Å². The lowest BCUT2D eigenvalue weighted by molar-refractivity contribution is -0.191. The number of fused-ring (bicyclic) bond motifs is 1. The van der Waals surface area contributed by atoms with Crippen molar-refractivity contribution < 1.29 is 22.3 Å². The van der Waals surface area contributed by atoms with E-state index < -0.39 is 29.7 Å². The van der Waals surface area contributed by atoms with E-state index >= 15 is 0 Å². The molecule has 0 amide bonds. The number of halogens is 4. The molecule has 38 heavy (non-hydrogen) atoms. The molecule has 5 nitrogen and oxygen atoms in total. The van der Waals surface area contributed by atoms with Crippen LogP contribution < -0.4 is 10.9 Å². The number of benzene rings is 2. The van der Waals surface area contributed by atoms with Crippen LogP contribution in [0.2, 0.25) is 0 Å². The van der Waals surface area contributed by atoms with Crippen LogP contribution in [0.25, 0.3) is 10.8 Å². The van der Waals surface area contributed by atoms with Gasteiger partial charge in [-0.1, -0.05) is 6.07 Å². The predicted molar refractivity (Wildman–Crippen MR) is 138 cm³/mol. The highest BCUT2D eigenvalue weighted by Crippen LogP contribution is 2.70. The molecule has 1 aliphatic heterocycles. The number of nitrogens with one attached hydrogen (secondary N) is 1. The first-order chi connectivity index (χ1) is 18.0. The number of nitrogens with zero attached hydrogens (tertiary/aromatic N) is 2. The van der Waals surface area contributed by atoms with E-state index in [1.807, 2.05) is 26.1 Å². The highest BCUT2D eigenvalue weighted by atomic mass is 19.3. The molecule has 0 radical (unpaired) electrons. The Morgan fingerprint density at radius 3 is 2.37 bits per heavy atom. The van der Waals surface area contributed by atoms with Gasteiger partial charge in [0.2, 0.25) is 0 Å². The van der Waals surface area contributed by atoms with Crippen molar-refractivity contribution in [1.29, 1.82) is 0 Å². The number of hydrogen-bond acceptors (Lipinski definition) is 4. The summed E-state index contributed by atoms with van der Waals surface area (Å²) in [5.41, 5.74) is 1.47. The lowest BCUT2D eigenvalue weighted by atomic mass is 9.37. The van der Waals surface area contributed by atoms with Gasteiger partial charge in [0.05, 0.1) is 18.8 Å². The van der Waals surface area contributed by atoms with E-state index in [1.165, 1.54) is 0 Å². The molecule has 7 rings (SSSR count). The first-order valence-electron chi connectivity index (χ1n) is 13.1. The van der Waals surface area contributed by atoms with Crippen LogP contribution in [-0.4, -0.2) is 41.3 Å². The average molecular weight is 530 g/mol. The third-order valence-electron chi connectivity index (χ3n) is 8.95. The topological polar surface area (TPSA) is 46.5 Å². The van der Waals surface area contributed by atoms with E-state index in [4.69, 9.17) is 4.74 Å².